The molecule has 0 saturated heterocycles. The second-order valence-corrected chi connectivity index (χ2v) is 8.02. The predicted molar refractivity (Wildman–Crippen MR) is 109 cm³/mol. The number of carbonyl (C=O) groups is 1. The number of aromatic nitrogens is 3. The van der Waals surface area contributed by atoms with Crippen LogP contribution < -0.4 is 5.32 Å². The van der Waals surface area contributed by atoms with Crippen molar-refractivity contribution >= 4 is 16.9 Å². The number of aryl methyl sites for hydroxylation is 2. The Morgan fingerprint density at radius 3 is 2.56 bits per heavy atom. The Morgan fingerprint density at radius 2 is 2.00 bits per heavy atom. The first-order chi connectivity index (χ1) is 12.9. The summed E-state index contributed by atoms with van der Waals surface area (Å²) in [6.45, 7) is 13.4. The minimum Gasteiger partial charge on any atom is -0.350 e. The largest absolute Gasteiger partial charge is 0.350 e. The summed E-state index contributed by atoms with van der Waals surface area (Å²) < 4.78 is 1.79. The minimum atomic E-state index is -0.0155. The maximum absolute atomic E-state index is 13.1. The zero-order chi connectivity index (χ0) is 19.7. The Morgan fingerprint density at radius 1 is 1.33 bits per heavy atom. The zero-order valence-electron chi connectivity index (χ0n) is 17.5. The van der Waals surface area contributed by atoms with Crippen LogP contribution >= 0.6 is 0 Å². The van der Waals surface area contributed by atoms with Crippen LogP contribution in [0.25, 0.3) is 11.0 Å². The van der Waals surface area contributed by atoms with Crippen molar-refractivity contribution in [3.8, 4) is 0 Å². The zero-order valence-corrected chi connectivity index (χ0v) is 17.5. The van der Waals surface area contributed by atoms with Crippen LogP contribution in [0.5, 0.6) is 0 Å². The number of nitrogens with one attached hydrogen (secondary N) is 1. The summed E-state index contributed by atoms with van der Waals surface area (Å²) in [5.41, 5.74) is 3.41. The van der Waals surface area contributed by atoms with Crippen molar-refractivity contribution in [2.45, 2.75) is 59.4 Å². The number of likely N-dealkylation sites (N-methyl/N-ethyl adjacent to an activating group) is 1. The molecule has 148 valence electrons. The molecule has 0 radical (unpaired) electrons. The third-order valence-electron chi connectivity index (χ3n) is 5.75. The third kappa shape index (κ3) is 4.00. The van der Waals surface area contributed by atoms with Crippen LogP contribution in [0.3, 0.4) is 0 Å². The molecule has 0 unspecified atom stereocenters. The van der Waals surface area contributed by atoms with Gasteiger partial charge in [0.15, 0.2) is 5.65 Å². The lowest BCUT2D eigenvalue weighted by molar-refractivity contribution is 0.0922. The maximum atomic E-state index is 13.1. The lowest BCUT2D eigenvalue weighted by Gasteiger charge is -2.32. The molecule has 2 aromatic rings. The minimum absolute atomic E-state index is 0.0155. The van der Waals surface area contributed by atoms with E-state index in [2.05, 4.69) is 43.0 Å². The Bertz CT molecular complexity index is 818. The van der Waals surface area contributed by atoms with Gasteiger partial charge in [-0.05, 0) is 44.8 Å². The summed E-state index contributed by atoms with van der Waals surface area (Å²) in [5.74, 6) is 0.957. The summed E-state index contributed by atoms with van der Waals surface area (Å²) in [6.07, 6.45) is 2.32. The fourth-order valence-electron chi connectivity index (χ4n) is 4.00. The number of pyridine rings is 1. The van der Waals surface area contributed by atoms with Crippen LogP contribution in [0.1, 0.15) is 68.2 Å². The molecule has 1 amide bonds. The highest BCUT2D eigenvalue weighted by molar-refractivity contribution is 6.06. The van der Waals surface area contributed by atoms with Crippen LogP contribution in [0.2, 0.25) is 0 Å². The molecule has 1 N–H and O–H groups in total. The predicted octanol–water partition coefficient (Wildman–Crippen LogP) is 3.25. The second-order valence-electron chi connectivity index (χ2n) is 8.02. The molecule has 3 rings (SSSR count). The number of rotatable bonds is 8. The van der Waals surface area contributed by atoms with Gasteiger partial charge in [-0.2, -0.15) is 5.10 Å². The summed E-state index contributed by atoms with van der Waals surface area (Å²) >= 11 is 0. The summed E-state index contributed by atoms with van der Waals surface area (Å²) in [6, 6.07) is 2.32. The van der Waals surface area contributed by atoms with Gasteiger partial charge in [-0.15, -0.1) is 0 Å². The van der Waals surface area contributed by atoms with Crippen molar-refractivity contribution in [1.29, 1.82) is 0 Å². The number of nitrogens with zero attached hydrogens (tertiary/aromatic N) is 4. The van der Waals surface area contributed by atoms with E-state index < -0.39 is 0 Å². The van der Waals surface area contributed by atoms with Gasteiger partial charge < -0.3 is 5.32 Å². The van der Waals surface area contributed by atoms with Gasteiger partial charge in [0.05, 0.1) is 16.6 Å². The molecule has 0 bridgehead atoms. The van der Waals surface area contributed by atoms with E-state index in [1.807, 2.05) is 20.0 Å². The molecule has 1 aliphatic carbocycles. The van der Waals surface area contributed by atoms with E-state index in [9.17, 15) is 4.79 Å². The summed E-state index contributed by atoms with van der Waals surface area (Å²) in [4.78, 5) is 20.4. The van der Waals surface area contributed by atoms with Gasteiger partial charge in [0.25, 0.3) is 5.91 Å². The van der Waals surface area contributed by atoms with Crippen LogP contribution in [0.15, 0.2) is 6.07 Å². The van der Waals surface area contributed by atoms with Crippen LogP contribution in [0, 0.1) is 12.8 Å². The second kappa shape index (κ2) is 7.97. The van der Waals surface area contributed by atoms with E-state index in [0.29, 0.717) is 24.4 Å². The molecule has 27 heavy (non-hydrogen) atoms. The molecule has 6 nitrogen and oxygen atoms in total. The SMILES string of the molecule is CCN(CC)[C@H](CNC(=O)c1cc(C2CC2)nc2c1c(C)nn2C)C(C)C. The van der Waals surface area contributed by atoms with Crippen molar-refractivity contribution in [1.82, 2.24) is 25.0 Å². The standard InChI is InChI=1S/C21H33N5O/c1-7-26(8-2)18(13(3)4)12-22-21(27)16-11-17(15-9-10-15)23-20-19(16)14(5)24-25(20)6/h11,13,15,18H,7-10,12H2,1-6H3,(H,22,27)/t18-/m1/s1. The molecular weight excluding hydrogens is 338 g/mol. The number of hydrogen-bond donors (Lipinski definition) is 1. The smallest absolute Gasteiger partial charge is 0.252 e. The quantitative estimate of drug-likeness (QED) is 0.774. The van der Waals surface area contributed by atoms with Crippen molar-refractivity contribution in [3.05, 3.63) is 23.0 Å². The average molecular weight is 372 g/mol. The molecule has 0 aliphatic heterocycles. The fraction of sp³-hybridized carbons (Fsp3) is 0.667. The van der Waals surface area contributed by atoms with Gasteiger partial charge in [-0.3, -0.25) is 14.4 Å². The van der Waals surface area contributed by atoms with E-state index in [4.69, 9.17) is 4.98 Å². The molecule has 6 heteroatoms. The van der Waals surface area contributed by atoms with Crippen LogP contribution in [0.4, 0.5) is 0 Å². The Kier molecular flexibility index (Phi) is 5.84. The van der Waals surface area contributed by atoms with Gasteiger partial charge in [0, 0.05) is 31.2 Å². The third-order valence-corrected chi connectivity index (χ3v) is 5.75. The summed E-state index contributed by atoms with van der Waals surface area (Å²) in [5, 5.41) is 8.58. The maximum Gasteiger partial charge on any atom is 0.252 e. The molecule has 0 aromatic carbocycles. The van der Waals surface area contributed by atoms with E-state index in [1.54, 1.807) is 4.68 Å². The van der Waals surface area contributed by atoms with Gasteiger partial charge in [0.2, 0.25) is 0 Å². The molecule has 2 heterocycles. The Hall–Kier alpha value is -1.95. The highest BCUT2D eigenvalue weighted by Gasteiger charge is 2.29. The average Bonchev–Trinajstić information content (AvgIpc) is 3.44. The Balaban J connectivity index is 1.88. The van der Waals surface area contributed by atoms with E-state index >= 15 is 0 Å². The van der Waals surface area contributed by atoms with E-state index in [-0.39, 0.29) is 5.91 Å². The number of fused-ring (bicyclic) bond motifs is 1. The van der Waals surface area contributed by atoms with Crippen molar-refractivity contribution in [2.75, 3.05) is 19.6 Å². The number of carbonyl (C=O) groups excluding carboxylic acids is 1. The van der Waals surface area contributed by atoms with Gasteiger partial charge in [-0.1, -0.05) is 27.7 Å². The van der Waals surface area contributed by atoms with E-state index in [1.165, 1.54) is 0 Å². The molecule has 2 aromatic heterocycles. The van der Waals surface area contributed by atoms with Crippen LogP contribution in [-0.2, 0) is 7.05 Å². The van der Waals surface area contributed by atoms with Crippen molar-refractivity contribution < 1.29 is 4.79 Å². The summed E-state index contributed by atoms with van der Waals surface area (Å²) in [7, 11) is 1.90. The van der Waals surface area contributed by atoms with E-state index in [0.717, 1.165) is 53.9 Å². The normalized spacial score (nSPS) is 15.7. The first-order valence-corrected chi connectivity index (χ1v) is 10.2. The molecule has 1 saturated carbocycles. The lowest BCUT2D eigenvalue weighted by Crippen LogP contribution is -2.46. The molecule has 1 fully saturated rings. The fourth-order valence-corrected chi connectivity index (χ4v) is 4.00. The monoisotopic (exact) mass is 371 g/mol. The van der Waals surface area contributed by atoms with Gasteiger partial charge >= 0.3 is 0 Å². The van der Waals surface area contributed by atoms with Crippen molar-refractivity contribution in [2.24, 2.45) is 13.0 Å². The topological polar surface area (TPSA) is 63.1 Å². The first kappa shape index (κ1) is 19.8. The number of amides is 1. The molecule has 1 atom stereocenters. The van der Waals surface area contributed by atoms with Crippen molar-refractivity contribution in [3.63, 3.8) is 0 Å². The highest BCUT2D eigenvalue weighted by atomic mass is 16.1. The highest BCUT2D eigenvalue weighted by Crippen LogP contribution is 2.40. The van der Waals surface area contributed by atoms with Gasteiger partial charge in [-0.25, -0.2) is 4.98 Å². The Labute approximate surface area is 162 Å². The van der Waals surface area contributed by atoms with Crippen LogP contribution in [-0.4, -0.2) is 51.2 Å². The lowest BCUT2D eigenvalue weighted by atomic mass is 10.0. The molecule has 0 spiro atoms. The van der Waals surface area contributed by atoms with Gasteiger partial charge in [0.1, 0.15) is 0 Å². The number of hydrogen-bond acceptors (Lipinski definition) is 4. The first-order valence-electron chi connectivity index (χ1n) is 10.2. The molecule has 1 aliphatic rings. The molecular formula is C21H33N5O.